The molecule has 1 rings (SSSR count). The van der Waals surface area contributed by atoms with Crippen molar-refractivity contribution in [2.45, 2.75) is 39.5 Å². The van der Waals surface area contributed by atoms with Crippen LogP contribution in [0.1, 0.15) is 45.4 Å². The maximum absolute atomic E-state index is 11.5. The van der Waals surface area contributed by atoms with Gasteiger partial charge in [0, 0.05) is 19.3 Å². The minimum atomic E-state index is 0.00324. The zero-order valence-electron chi connectivity index (χ0n) is 10.4. The molecule has 0 spiro atoms. The Balaban J connectivity index is 3.10. The summed E-state index contributed by atoms with van der Waals surface area (Å²) < 4.78 is 1.62. The van der Waals surface area contributed by atoms with E-state index in [2.05, 4.69) is 24.9 Å². The Morgan fingerprint density at radius 1 is 1.44 bits per heavy atom. The van der Waals surface area contributed by atoms with Crippen LogP contribution in [0.3, 0.4) is 0 Å². The molecular formula is C13H20N2O. The second-order valence-corrected chi connectivity index (χ2v) is 3.93. The summed E-state index contributed by atoms with van der Waals surface area (Å²) in [6, 6.07) is 1.49. The number of rotatable bonds is 5. The summed E-state index contributed by atoms with van der Waals surface area (Å²) in [5.74, 6) is 0.808. The zero-order valence-corrected chi connectivity index (χ0v) is 10.4. The molecule has 0 saturated carbocycles. The first-order valence-electron chi connectivity index (χ1n) is 5.92. The van der Waals surface area contributed by atoms with Crippen molar-refractivity contribution in [3.05, 3.63) is 34.5 Å². The normalized spacial score (nSPS) is 11.8. The van der Waals surface area contributed by atoms with Crippen LogP contribution in [0.25, 0.3) is 5.57 Å². The highest BCUT2D eigenvalue weighted by molar-refractivity contribution is 5.59. The Bertz CT molecular complexity index is 418. The molecule has 1 heterocycles. The number of nitrogens with zero attached hydrogens (tertiary/aromatic N) is 2. The monoisotopic (exact) mass is 220 g/mol. The SMILES string of the molecule is CCC/C=C(\CCC)c1nccc(=O)n1C. The quantitative estimate of drug-likeness (QED) is 0.764. The molecule has 0 radical (unpaired) electrons. The van der Waals surface area contributed by atoms with Gasteiger partial charge < -0.3 is 0 Å². The lowest BCUT2D eigenvalue weighted by molar-refractivity contribution is 0.787. The summed E-state index contributed by atoms with van der Waals surface area (Å²) in [4.78, 5) is 15.8. The lowest BCUT2D eigenvalue weighted by atomic mass is 10.1. The van der Waals surface area contributed by atoms with E-state index in [-0.39, 0.29) is 5.56 Å². The second-order valence-electron chi connectivity index (χ2n) is 3.93. The Hall–Kier alpha value is -1.38. The van der Waals surface area contributed by atoms with E-state index in [0.717, 1.165) is 31.5 Å². The van der Waals surface area contributed by atoms with Crippen molar-refractivity contribution >= 4 is 5.57 Å². The highest BCUT2D eigenvalue weighted by Gasteiger charge is 2.06. The third-order valence-corrected chi connectivity index (χ3v) is 2.55. The van der Waals surface area contributed by atoms with Gasteiger partial charge in [0.1, 0.15) is 5.82 Å². The molecule has 16 heavy (non-hydrogen) atoms. The number of hydrogen-bond donors (Lipinski definition) is 0. The molecule has 0 aromatic carbocycles. The van der Waals surface area contributed by atoms with E-state index in [0.29, 0.717) is 0 Å². The van der Waals surface area contributed by atoms with Crippen LogP contribution in [0.4, 0.5) is 0 Å². The van der Waals surface area contributed by atoms with Gasteiger partial charge in [-0.25, -0.2) is 4.98 Å². The molecule has 0 aliphatic carbocycles. The van der Waals surface area contributed by atoms with Gasteiger partial charge in [-0.05, 0) is 18.4 Å². The zero-order chi connectivity index (χ0) is 12.0. The first-order chi connectivity index (χ1) is 7.70. The molecule has 0 aliphatic rings. The van der Waals surface area contributed by atoms with Crippen LogP contribution in [0, 0.1) is 0 Å². The molecule has 0 N–H and O–H groups in total. The topological polar surface area (TPSA) is 34.9 Å². The molecule has 0 unspecified atom stereocenters. The summed E-state index contributed by atoms with van der Waals surface area (Å²) in [6.45, 7) is 4.29. The van der Waals surface area contributed by atoms with Crippen molar-refractivity contribution in [2.24, 2.45) is 7.05 Å². The van der Waals surface area contributed by atoms with Crippen molar-refractivity contribution in [3.8, 4) is 0 Å². The van der Waals surface area contributed by atoms with Crippen molar-refractivity contribution in [3.63, 3.8) is 0 Å². The van der Waals surface area contributed by atoms with Crippen LogP contribution < -0.4 is 5.56 Å². The standard InChI is InChI=1S/C13H20N2O/c1-4-6-8-11(7-5-2)13-14-10-9-12(16)15(13)3/h8-10H,4-7H2,1-3H3/b11-8+. The number of allylic oxidation sites excluding steroid dienone is 2. The van der Waals surface area contributed by atoms with E-state index in [1.165, 1.54) is 11.6 Å². The van der Waals surface area contributed by atoms with E-state index in [4.69, 9.17) is 0 Å². The second kappa shape index (κ2) is 6.26. The minimum absolute atomic E-state index is 0.00324. The molecule has 0 atom stereocenters. The highest BCUT2D eigenvalue weighted by Crippen LogP contribution is 2.17. The van der Waals surface area contributed by atoms with E-state index in [1.54, 1.807) is 17.8 Å². The minimum Gasteiger partial charge on any atom is -0.296 e. The van der Waals surface area contributed by atoms with Gasteiger partial charge in [0.05, 0.1) is 0 Å². The third kappa shape index (κ3) is 3.05. The van der Waals surface area contributed by atoms with E-state index >= 15 is 0 Å². The Morgan fingerprint density at radius 2 is 2.19 bits per heavy atom. The van der Waals surface area contributed by atoms with E-state index in [9.17, 15) is 4.79 Å². The molecular weight excluding hydrogens is 200 g/mol. The number of unbranched alkanes of at least 4 members (excludes halogenated alkanes) is 1. The maximum atomic E-state index is 11.5. The highest BCUT2D eigenvalue weighted by atomic mass is 16.1. The van der Waals surface area contributed by atoms with Crippen molar-refractivity contribution < 1.29 is 0 Å². The maximum Gasteiger partial charge on any atom is 0.253 e. The Labute approximate surface area is 96.8 Å². The molecule has 1 aromatic heterocycles. The molecule has 0 saturated heterocycles. The van der Waals surface area contributed by atoms with Gasteiger partial charge in [0.2, 0.25) is 0 Å². The fourth-order valence-corrected chi connectivity index (χ4v) is 1.67. The van der Waals surface area contributed by atoms with Gasteiger partial charge in [-0.1, -0.05) is 32.8 Å². The summed E-state index contributed by atoms with van der Waals surface area (Å²) in [5.41, 5.74) is 1.19. The van der Waals surface area contributed by atoms with Crippen LogP contribution in [-0.4, -0.2) is 9.55 Å². The molecule has 3 heteroatoms. The van der Waals surface area contributed by atoms with Crippen molar-refractivity contribution in [1.29, 1.82) is 0 Å². The molecule has 3 nitrogen and oxygen atoms in total. The van der Waals surface area contributed by atoms with Crippen molar-refractivity contribution in [1.82, 2.24) is 9.55 Å². The molecule has 0 fully saturated rings. The lowest BCUT2D eigenvalue weighted by Crippen LogP contribution is -2.20. The first kappa shape index (κ1) is 12.7. The number of aromatic nitrogens is 2. The Kier molecular flexibility index (Phi) is 4.96. The smallest absolute Gasteiger partial charge is 0.253 e. The summed E-state index contributed by atoms with van der Waals surface area (Å²) in [6.07, 6.45) is 8.00. The molecule has 1 aromatic rings. The summed E-state index contributed by atoms with van der Waals surface area (Å²) >= 11 is 0. The van der Waals surface area contributed by atoms with Crippen LogP contribution in [-0.2, 0) is 7.05 Å². The molecule has 88 valence electrons. The Morgan fingerprint density at radius 3 is 2.81 bits per heavy atom. The average Bonchev–Trinajstić information content (AvgIpc) is 2.28. The van der Waals surface area contributed by atoms with E-state index in [1.807, 2.05) is 0 Å². The van der Waals surface area contributed by atoms with Crippen LogP contribution >= 0.6 is 0 Å². The van der Waals surface area contributed by atoms with Gasteiger partial charge in [-0.15, -0.1) is 0 Å². The van der Waals surface area contributed by atoms with Crippen LogP contribution in [0.15, 0.2) is 23.1 Å². The predicted molar refractivity (Wildman–Crippen MR) is 67.3 cm³/mol. The van der Waals surface area contributed by atoms with Crippen LogP contribution in [0.2, 0.25) is 0 Å². The average molecular weight is 220 g/mol. The third-order valence-electron chi connectivity index (χ3n) is 2.55. The van der Waals surface area contributed by atoms with E-state index < -0.39 is 0 Å². The fourth-order valence-electron chi connectivity index (χ4n) is 1.67. The lowest BCUT2D eigenvalue weighted by Gasteiger charge is -2.09. The van der Waals surface area contributed by atoms with Gasteiger partial charge in [-0.3, -0.25) is 9.36 Å². The first-order valence-corrected chi connectivity index (χ1v) is 5.92. The van der Waals surface area contributed by atoms with Gasteiger partial charge in [-0.2, -0.15) is 0 Å². The van der Waals surface area contributed by atoms with Crippen molar-refractivity contribution in [2.75, 3.05) is 0 Å². The van der Waals surface area contributed by atoms with Gasteiger partial charge in [0.25, 0.3) is 5.56 Å². The predicted octanol–water partition coefficient (Wildman–Crippen LogP) is 2.76. The molecule has 0 amide bonds. The van der Waals surface area contributed by atoms with Crippen LogP contribution in [0.5, 0.6) is 0 Å². The van der Waals surface area contributed by atoms with Gasteiger partial charge in [0.15, 0.2) is 0 Å². The summed E-state index contributed by atoms with van der Waals surface area (Å²) in [7, 11) is 1.78. The molecule has 0 bridgehead atoms. The summed E-state index contributed by atoms with van der Waals surface area (Å²) in [5, 5.41) is 0. The number of hydrogen-bond acceptors (Lipinski definition) is 2. The molecule has 0 aliphatic heterocycles. The van der Waals surface area contributed by atoms with Gasteiger partial charge >= 0.3 is 0 Å². The largest absolute Gasteiger partial charge is 0.296 e. The fraction of sp³-hybridized carbons (Fsp3) is 0.538.